The standard InChI is InChI=1S/C27H34ClN5O3S/c1-14-12-16(36-25-17(28)4-3-8-30-25)7-11-33(14)18(37)13-31-24-19(20-21-22(24)27(20,21)2)23(29)26(35)32-9-5-15(34)6-10-32/h3-4,8,14-16,20-22,34H,5-7,9-13,29H2,1-2H3/t14-,16-,20+,21+,22?,27+/m1/s1. The largest absolute Gasteiger partial charge is 0.473 e. The van der Waals surface area contributed by atoms with E-state index >= 15 is 0 Å². The number of nitrogens with two attached hydrogens (primary N) is 1. The van der Waals surface area contributed by atoms with Crippen LogP contribution < -0.4 is 10.5 Å². The number of likely N-dealkylation sites (tertiary alicyclic amines) is 2. The maximum absolute atomic E-state index is 13.2. The van der Waals surface area contributed by atoms with Crippen LogP contribution in [0.3, 0.4) is 0 Å². The molecular formula is C27H34ClN5O3S. The normalized spacial score (nSPS) is 36.9. The van der Waals surface area contributed by atoms with Crippen LogP contribution in [0.1, 0.15) is 39.5 Å². The van der Waals surface area contributed by atoms with Crippen LogP contribution in [0.15, 0.2) is 34.6 Å². The first-order valence-electron chi connectivity index (χ1n) is 13.3. The van der Waals surface area contributed by atoms with E-state index in [1.54, 1.807) is 23.2 Å². The zero-order valence-corrected chi connectivity index (χ0v) is 22.8. The fourth-order valence-electron chi connectivity index (χ4n) is 6.99. The summed E-state index contributed by atoms with van der Waals surface area (Å²) in [5.74, 6) is 1.71. The number of aliphatic imine (C=N–C) groups is 1. The molecule has 1 amide bonds. The minimum absolute atomic E-state index is 0.0367. The number of aliphatic hydroxyl groups is 1. The summed E-state index contributed by atoms with van der Waals surface area (Å²) in [5, 5.41) is 10.3. The molecule has 1 unspecified atom stereocenters. The van der Waals surface area contributed by atoms with Gasteiger partial charge in [-0.1, -0.05) is 30.7 Å². The molecule has 3 heterocycles. The fraction of sp³-hybridized carbons (Fsp3) is 0.630. The lowest BCUT2D eigenvalue weighted by Crippen LogP contribution is -2.47. The highest BCUT2D eigenvalue weighted by atomic mass is 35.5. The molecule has 3 N–H and O–H groups in total. The second-order valence-electron chi connectivity index (χ2n) is 11.4. The van der Waals surface area contributed by atoms with Gasteiger partial charge in [0.2, 0.25) is 5.88 Å². The minimum Gasteiger partial charge on any atom is -0.473 e. The lowest BCUT2D eigenvalue weighted by Gasteiger charge is -2.39. The Hall–Kier alpha value is -2.23. The van der Waals surface area contributed by atoms with Gasteiger partial charge in [0.1, 0.15) is 16.8 Å². The number of hydrogen-bond acceptors (Lipinski definition) is 7. The van der Waals surface area contributed by atoms with E-state index in [1.165, 1.54) is 0 Å². The van der Waals surface area contributed by atoms with Crippen molar-refractivity contribution < 1.29 is 14.6 Å². The van der Waals surface area contributed by atoms with Crippen LogP contribution in [-0.2, 0) is 4.79 Å². The van der Waals surface area contributed by atoms with Crippen LogP contribution in [0.2, 0.25) is 5.02 Å². The van der Waals surface area contributed by atoms with Gasteiger partial charge in [0.15, 0.2) is 0 Å². The van der Waals surface area contributed by atoms with Gasteiger partial charge in [-0.25, -0.2) is 4.98 Å². The number of piperidine rings is 2. The van der Waals surface area contributed by atoms with Crippen LogP contribution in [0.25, 0.3) is 0 Å². The highest BCUT2D eigenvalue weighted by Gasteiger charge is 2.91. The summed E-state index contributed by atoms with van der Waals surface area (Å²) in [7, 11) is 0. The molecule has 10 heteroatoms. The first-order chi connectivity index (χ1) is 17.7. The number of thiocarbonyl (C=S) groups is 1. The van der Waals surface area contributed by atoms with E-state index in [0.29, 0.717) is 66.8 Å². The van der Waals surface area contributed by atoms with E-state index in [9.17, 15) is 9.90 Å². The summed E-state index contributed by atoms with van der Waals surface area (Å²) < 4.78 is 6.07. The third kappa shape index (κ3) is 4.14. The number of allylic oxidation sites excluding steroid dienone is 1. The molecule has 2 aliphatic heterocycles. The Bertz CT molecular complexity index is 1200. The maximum Gasteiger partial charge on any atom is 0.270 e. The van der Waals surface area contributed by atoms with E-state index in [0.717, 1.165) is 35.7 Å². The van der Waals surface area contributed by atoms with Crippen molar-refractivity contribution in [3.8, 4) is 5.88 Å². The van der Waals surface area contributed by atoms with Crippen molar-refractivity contribution in [1.29, 1.82) is 0 Å². The number of aromatic nitrogens is 1. The van der Waals surface area contributed by atoms with Gasteiger partial charge >= 0.3 is 0 Å². The summed E-state index contributed by atoms with van der Waals surface area (Å²) in [5.41, 5.74) is 9.04. The minimum atomic E-state index is -0.328. The van der Waals surface area contributed by atoms with Gasteiger partial charge in [0.05, 0.1) is 17.6 Å². The number of nitrogens with zero attached hydrogens (tertiary/aromatic N) is 4. The summed E-state index contributed by atoms with van der Waals surface area (Å²) in [6, 6.07) is 3.79. The van der Waals surface area contributed by atoms with Crippen LogP contribution in [-0.4, -0.2) is 80.9 Å². The van der Waals surface area contributed by atoms with Crippen LogP contribution in [0, 0.1) is 23.2 Å². The summed E-state index contributed by atoms with van der Waals surface area (Å²) in [4.78, 5) is 27.2. The molecule has 2 saturated heterocycles. The topological polar surface area (TPSA) is 104 Å². The van der Waals surface area contributed by atoms with Gasteiger partial charge in [0.25, 0.3) is 5.91 Å². The van der Waals surface area contributed by atoms with Crippen LogP contribution >= 0.6 is 23.8 Å². The van der Waals surface area contributed by atoms with E-state index < -0.39 is 0 Å². The SMILES string of the molecule is C[C@@H]1C[C@H](Oc2ncccc2Cl)CCN1C(=S)CN=C1C(=C(N)C(=O)N2CCC(O)CC2)[C@H]2[C@H]3C1[C@]32C. The first-order valence-corrected chi connectivity index (χ1v) is 14.1. The average molecular weight is 544 g/mol. The van der Waals surface area contributed by atoms with Crippen molar-refractivity contribution in [3.05, 3.63) is 34.6 Å². The molecule has 4 aliphatic carbocycles. The maximum atomic E-state index is 13.2. The molecule has 1 aromatic heterocycles. The molecule has 37 heavy (non-hydrogen) atoms. The number of aliphatic hydroxyl groups excluding tert-OH is 1. The predicted molar refractivity (Wildman–Crippen MR) is 146 cm³/mol. The molecule has 8 nitrogen and oxygen atoms in total. The Kier molecular flexibility index (Phi) is 6.24. The Morgan fingerprint density at radius 2 is 2.05 bits per heavy atom. The number of amides is 1. The van der Waals surface area contributed by atoms with Gasteiger partial charge in [-0.05, 0) is 49.1 Å². The molecule has 6 fully saturated rings. The van der Waals surface area contributed by atoms with Crippen LogP contribution in [0.4, 0.5) is 0 Å². The number of halogens is 1. The molecule has 0 spiro atoms. The second kappa shape index (κ2) is 9.20. The molecule has 0 radical (unpaired) electrons. The monoisotopic (exact) mass is 543 g/mol. The van der Waals surface area contributed by atoms with Gasteiger partial charge in [-0.3, -0.25) is 9.79 Å². The van der Waals surface area contributed by atoms with Crippen molar-refractivity contribution in [1.82, 2.24) is 14.8 Å². The summed E-state index contributed by atoms with van der Waals surface area (Å²) in [6.07, 6.45) is 4.25. The Morgan fingerprint density at radius 1 is 1.32 bits per heavy atom. The zero-order valence-electron chi connectivity index (χ0n) is 21.3. The number of rotatable bonds is 5. The molecule has 0 aromatic carbocycles. The lowest BCUT2D eigenvalue weighted by atomic mass is 10.0. The Morgan fingerprint density at radius 3 is 2.73 bits per heavy atom. The average Bonchev–Trinajstić information content (AvgIpc) is 3.56. The molecule has 6 aliphatic rings. The second-order valence-corrected chi connectivity index (χ2v) is 12.3. The van der Waals surface area contributed by atoms with Gasteiger partial charge in [0, 0.05) is 61.9 Å². The van der Waals surface area contributed by atoms with Gasteiger partial charge < -0.3 is 25.4 Å². The predicted octanol–water partition coefficient (Wildman–Crippen LogP) is 2.83. The number of carbonyl (C=O) groups excluding carboxylic acids is 1. The number of carbonyl (C=O) groups is 1. The molecule has 2 bridgehead atoms. The molecule has 198 valence electrons. The number of pyridine rings is 1. The Labute approximate surface area is 227 Å². The van der Waals surface area contributed by atoms with E-state index in [4.69, 9.17) is 39.3 Å². The number of fused-ring (bicyclic) bond motifs is 1. The van der Waals surface area contributed by atoms with Gasteiger partial charge in [-0.15, -0.1) is 0 Å². The third-order valence-electron chi connectivity index (χ3n) is 9.25. The number of ether oxygens (including phenoxy) is 1. The molecule has 7 rings (SSSR count). The zero-order chi connectivity index (χ0) is 26.1. The van der Waals surface area contributed by atoms with Crippen molar-refractivity contribution >= 4 is 40.4 Å². The van der Waals surface area contributed by atoms with Crippen LogP contribution in [0.5, 0.6) is 5.88 Å². The molecular weight excluding hydrogens is 510 g/mol. The highest BCUT2D eigenvalue weighted by molar-refractivity contribution is 7.80. The van der Waals surface area contributed by atoms with Gasteiger partial charge in [-0.2, -0.15) is 0 Å². The van der Waals surface area contributed by atoms with Crippen molar-refractivity contribution in [2.24, 2.45) is 33.9 Å². The van der Waals surface area contributed by atoms with E-state index in [-0.39, 0.29) is 29.6 Å². The van der Waals surface area contributed by atoms with E-state index in [1.807, 2.05) is 0 Å². The van der Waals surface area contributed by atoms with Crippen molar-refractivity contribution in [3.63, 3.8) is 0 Å². The smallest absolute Gasteiger partial charge is 0.270 e. The molecule has 1 aromatic rings. The molecule has 4 saturated carbocycles. The molecule has 6 atom stereocenters. The third-order valence-corrected chi connectivity index (χ3v) is 9.90. The quantitative estimate of drug-likeness (QED) is 0.434. The number of hydrogen-bond donors (Lipinski definition) is 2. The summed E-state index contributed by atoms with van der Waals surface area (Å²) >= 11 is 12.0. The van der Waals surface area contributed by atoms with E-state index in [2.05, 4.69) is 23.7 Å². The lowest BCUT2D eigenvalue weighted by molar-refractivity contribution is -0.129. The first kappa shape index (κ1) is 25.1. The highest BCUT2D eigenvalue weighted by Crippen LogP contribution is 2.91. The van der Waals surface area contributed by atoms with Crippen molar-refractivity contribution in [2.75, 3.05) is 26.2 Å². The van der Waals surface area contributed by atoms with Crippen molar-refractivity contribution in [2.45, 2.75) is 57.8 Å². The Balaban J connectivity index is 1.11. The summed E-state index contributed by atoms with van der Waals surface area (Å²) in [6.45, 7) is 6.75. The fourth-order valence-corrected chi connectivity index (χ4v) is 7.49.